The zero-order valence-corrected chi connectivity index (χ0v) is 16.4. The smallest absolute Gasteiger partial charge is 0.253 e. The van der Waals surface area contributed by atoms with Gasteiger partial charge in [0, 0.05) is 61.5 Å². The number of carbonyl (C=O) groups excluding carboxylic acids is 1. The fourth-order valence-corrected chi connectivity index (χ4v) is 4.18. The van der Waals surface area contributed by atoms with Gasteiger partial charge in [-0.1, -0.05) is 18.2 Å². The molecule has 1 aliphatic heterocycles. The molecule has 140 valence electrons. The lowest BCUT2D eigenvalue weighted by Crippen LogP contribution is -2.48. The molecule has 3 aromatic rings. The van der Waals surface area contributed by atoms with Gasteiger partial charge < -0.3 is 4.90 Å². The van der Waals surface area contributed by atoms with E-state index in [1.54, 1.807) is 11.3 Å². The van der Waals surface area contributed by atoms with Crippen LogP contribution in [-0.4, -0.2) is 51.7 Å². The van der Waals surface area contributed by atoms with Crippen molar-refractivity contribution in [2.75, 3.05) is 26.2 Å². The number of hydrogen-bond acceptors (Lipinski definition) is 4. The Hall–Kier alpha value is -2.44. The van der Waals surface area contributed by atoms with Crippen molar-refractivity contribution in [3.05, 3.63) is 64.6 Å². The molecule has 4 rings (SSSR count). The van der Waals surface area contributed by atoms with Gasteiger partial charge >= 0.3 is 0 Å². The average molecular weight is 381 g/mol. The van der Waals surface area contributed by atoms with Gasteiger partial charge in [0.15, 0.2) is 0 Å². The highest BCUT2D eigenvalue weighted by molar-refractivity contribution is 7.09. The van der Waals surface area contributed by atoms with E-state index in [-0.39, 0.29) is 5.91 Å². The molecule has 27 heavy (non-hydrogen) atoms. The Kier molecular flexibility index (Phi) is 5.36. The second-order valence-electron chi connectivity index (χ2n) is 6.81. The monoisotopic (exact) mass is 380 g/mol. The summed E-state index contributed by atoms with van der Waals surface area (Å²) in [7, 11) is 0. The van der Waals surface area contributed by atoms with Gasteiger partial charge in [-0.3, -0.25) is 14.4 Å². The quantitative estimate of drug-likeness (QED) is 0.679. The van der Waals surface area contributed by atoms with E-state index in [4.69, 9.17) is 0 Å². The highest BCUT2D eigenvalue weighted by Crippen LogP contribution is 2.21. The molecule has 0 atom stereocenters. The fourth-order valence-electron chi connectivity index (χ4n) is 3.43. The van der Waals surface area contributed by atoms with Gasteiger partial charge in [-0.25, -0.2) is 0 Å². The normalized spacial score (nSPS) is 15.2. The molecule has 0 saturated carbocycles. The number of piperazine rings is 1. The number of rotatable bonds is 5. The molecular weight excluding hydrogens is 356 g/mol. The molecule has 0 aliphatic carbocycles. The maximum atomic E-state index is 13.0. The first kappa shape index (κ1) is 17.9. The number of benzene rings is 1. The summed E-state index contributed by atoms with van der Waals surface area (Å²) in [6, 6.07) is 12.2. The third-order valence-electron chi connectivity index (χ3n) is 5.02. The van der Waals surface area contributed by atoms with Gasteiger partial charge in [0.25, 0.3) is 5.91 Å². The number of amides is 1. The Morgan fingerprint density at radius 3 is 2.67 bits per heavy atom. The summed E-state index contributed by atoms with van der Waals surface area (Å²) >= 11 is 1.79. The van der Waals surface area contributed by atoms with E-state index in [1.165, 1.54) is 4.88 Å². The summed E-state index contributed by atoms with van der Waals surface area (Å²) < 4.78 is 1.90. The molecular formula is C21H24N4OS. The van der Waals surface area contributed by atoms with Crippen molar-refractivity contribution in [3.8, 4) is 11.1 Å². The Labute approximate surface area is 163 Å². The van der Waals surface area contributed by atoms with Crippen molar-refractivity contribution in [2.45, 2.75) is 20.0 Å². The van der Waals surface area contributed by atoms with Gasteiger partial charge in [0.2, 0.25) is 0 Å². The van der Waals surface area contributed by atoms with Crippen LogP contribution in [0.15, 0.2) is 54.2 Å². The van der Waals surface area contributed by atoms with Crippen molar-refractivity contribution in [1.29, 1.82) is 0 Å². The fraction of sp³-hybridized carbons (Fsp3) is 0.333. The summed E-state index contributed by atoms with van der Waals surface area (Å²) in [6.07, 6.45) is 3.88. The number of nitrogens with zero attached hydrogens (tertiary/aromatic N) is 4. The molecule has 2 aromatic heterocycles. The number of hydrogen-bond donors (Lipinski definition) is 0. The zero-order chi connectivity index (χ0) is 18.6. The van der Waals surface area contributed by atoms with Crippen LogP contribution in [0.5, 0.6) is 0 Å². The lowest BCUT2D eigenvalue weighted by molar-refractivity contribution is 0.0629. The molecule has 1 amide bonds. The minimum atomic E-state index is 0.121. The molecule has 0 radical (unpaired) electrons. The summed E-state index contributed by atoms with van der Waals surface area (Å²) in [5.41, 5.74) is 2.84. The molecule has 0 bridgehead atoms. The SMILES string of the molecule is CCn1cc(-c2cccc(C(=O)N3CCN(Cc4cccs4)CC3)c2)cn1. The number of thiophene rings is 1. The second-order valence-corrected chi connectivity index (χ2v) is 7.85. The van der Waals surface area contributed by atoms with Crippen LogP contribution in [0.3, 0.4) is 0 Å². The van der Waals surface area contributed by atoms with Crippen molar-refractivity contribution >= 4 is 17.2 Å². The first-order valence-corrected chi connectivity index (χ1v) is 10.3. The lowest BCUT2D eigenvalue weighted by Gasteiger charge is -2.34. The summed E-state index contributed by atoms with van der Waals surface area (Å²) in [5, 5.41) is 6.45. The second kappa shape index (κ2) is 8.06. The summed E-state index contributed by atoms with van der Waals surface area (Å²) in [6.45, 7) is 7.30. The molecule has 5 nitrogen and oxygen atoms in total. The molecule has 0 N–H and O–H groups in total. The van der Waals surface area contributed by atoms with E-state index >= 15 is 0 Å². The Morgan fingerprint density at radius 1 is 1.11 bits per heavy atom. The van der Waals surface area contributed by atoms with E-state index in [1.807, 2.05) is 46.2 Å². The van der Waals surface area contributed by atoms with Crippen LogP contribution >= 0.6 is 11.3 Å². The van der Waals surface area contributed by atoms with E-state index < -0.39 is 0 Å². The Balaban J connectivity index is 1.40. The van der Waals surface area contributed by atoms with Crippen LogP contribution in [0.1, 0.15) is 22.2 Å². The molecule has 0 unspecified atom stereocenters. The molecule has 1 saturated heterocycles. The molecule has 1 aliphatic rings. The minimum absolute atomic E-state index is 0.121. The van der Waals surface area contributed by atoms with Crippen LogP contribution in [0.2, 0.25) is 0 Å². The summed E-state index contributed by atoms with van der Waals surface area (Å²) in [4.78, 5) is 18.7. The topological polar surface area (TPSA) is 41.4 Å². The lowest BCUT2D eigenvalue weighted by atomic mass is 10.1. The third-order valence-corrected chi connectivity index (χ3v) is 5.88. The van der Waals surface area contributed by atoms with Crippen LogP contribution in [-0.2, 0) is 13.1 Å². The van der Waals surface area contributed by atoms with Gasteiger partial charge in [-0.15, -0.1) is 11.3 Å². The van der Waals surface area contributed by atoms with E-state index in [0.29, 0.717) is 0 Å². The highest BCUT2D eigenvalue weighted by atomic mass is 32.1. The molecule has 3 heterocycles. The Bertz CT molecular complexity index is 895. The van der Waals surface area contributed by atoms with E-state index in [2.05, 4.69) is 34.4 Å². The third kappa shape index (κ3) is 4.12. The summed E-state index contributed by atoms with van der Waals surface area (Å²) in [5.74, 6) is 0.121. The van der Waals surface area contributed by atoms with Crippen molar-refractivity contribution in [1.82, 2.24) is 19.6 Å². The molecule has 6 heteroatoms. The van der Waals surface area contributed by atoms with E-state index in [9.17, 15) is 4.79 Å². The number of aryl methyl sites for hydroxylation is 1. The number of aromatic nitrogens is 2. The van der Waals surface area contributed by atoms with Crippen LogP contribution in [0.25, 0.3) is 11.1 Å². The predicted molar refractivity (Wildman–Crippen MR) is 109 cm³/mol. The van der Waals surface area contributed by atoms with E-state index in [0.717, 1.165) is 56.0 Å². The van der Waals surface area contributed by atoms with Gasteiger partial charge in [0.1, 0.15) is 0 Å². The van der Waals surface area contributed by atoms with Gasteiger partial charge in [0.05, 0.1) is 6.20 Å². The van der Waals surface area contributed by atoms with Crippen LogP contribution < -0.4 is 0 Å². The number of carbonyl (C=O) groups is 1. The van der Waals surface area contributed by atoms with Crippen molar-refractivity contribution < 1.29 is 4.79 Å². The van der Waals surface area contributed by atoms with Gasteiger partial charge in [-0.05, 0) is 36.1 Å². The maximum absolute atomic E-state index is 13.0. The van der Waals surface area contributed by atoms with Gasteiger partial charge in [-0.2, -0.15) is 5.10 Å². The highest BCUT2D eigenvalue weighted by Gasteiger charge is 2.22. The molecule has 1 aromatic carbocycles. The average Bonchev–Trinajstić information content (AvgIpc) is 3.40. The predicted octanol–water partition coefficient (Wildman–Crippen LogP) is 3.59. The van der Waals surface area contributed by atoms with Crippen LogP contribution in [0.4, 0.5) is 0 Å². The standard InChI is InChI=1S/C21H24N4OS/c1-2-25-15-19(14-22-25)17-5-3-6-18(13-17)21(26)24-10-8-23(9-11-24)16-20-7-4-12-27-20/h3-7,12-15H,2,8-11,16H2,1H3. The van der Waals surface area contributed by atoms with Crippen LogP contribution in [0, 0.1) is 0 Å². The molecule has 1 fully saturated rings. The van der Waals surface area contributed by atoms with Crippen molar-refractivity contribution in [2.24, 2.45) is 0 Å². The first-order chi connectivity index (χ1) is 13.2. The zero-order valence-electron chi connectivity index (χ0n) is 15.5. The Morgan fingerprint density at radius 2 is 1.96 bits per heavy atom. The minimum Gasteiger partial charge on any atom is -0.336 e. The van der Waals surface area contributed by atoms with Crippen molar-refractivity contribution in [3.63, 3.8) is 0 Å². The maximum Gasteiger partial charge on any atom is 0.253 e. The first-order valence-electron chi connectivity index (χ1n) is 9.40. The molecule has 0 spiro atoms. The largest absolute Gasteiger partial charge is 0.336 e.